The van der Waals surface area contributed by atoms with E-state index in [1.54, 1.807) is 7.11 Å². The van der Waals surface area contributed by atoms with Gasteiger partial charge in [-0.05, 0) is 37.1 Å². The van der Waals surface area contributed by atoms with Crippen LogP contribution < -0.4 is 10.1 Å². The highest BCUT2D eigenvalue weighted by atomic mass is 16.5. The van der Waals surface area contributed by atoms with Crippen LogP contribution in [0, 0.1) is 17.8 Å². The molecule has 1 amide bonds. The van der Waals surface area contributed by atoms with Gasteiger partial charge in [0.1, 0.15) is 5.75 Å². The highest BCUT2D eigenvalue weighted by Crippen LogP contribution is 2.13. The Balaban J connectivity index is 2.44. The van der Waals surface area contributed by atoms with Gasteiger partial charge in [0.15, 0.2) is 0 Å². The molecule has 0 unspecified atom stereocenters. The highest BCUT2D eigenvalue weighted by molar-refractivity contribution is 5.78. The van der Waals surface area contributed by atoms with Gasteiger partial charge in [-0.2, -0.15) is 0 Å². The van der Waals surface area contributed by atoms with Crippen LogP contribution in [-0.2, 0) is 4.79 Å². The van der Waals surface area contributed by atoms with Crippen molar-refractivity contribution in [2.45, 2.75) is 39.5 Å². The summed E-state index contributed by atoms with van der Waals surface area (Å²) in [5.74, 6) is 7.09. The molecule has 0 radical (unpaired) electrons. The van der Waals surface area contributed by atoms with Crippen LogP contribution in [0.4, 0.5) is 0 Å². The van der Waals surface area contributed by atoms with E-state index in [-0.39, 0.29) is 11.8 Å². The van der Waals surface area contributed by atoms with Gasteiger partial charge in [-0.1, -0.05) is 38.5 Å². The normalized spacial score (nSPS) is 9.90. The van der Waals surface area contributed by atoms with E-state index in [4.69, 9.17) is 4.74 Å². The number of carbonyl (C=O) groups is 1. The van der Waals surface area contributed by atoms with Gasteiger partial charge in [-0.25, -0.2) is 0 Å². The van der Waals surface area contributed by atoms with E-state index in [9.17, 15) is 4.79 Å². The van der Waals surface area contributed by atoms with Crippen molar-refractivity contribution in [3.05, 3.63) is 29.8 Å². The molecule has 1 N–H and O–H groups in total. The Morgan fingerprint density at radius 2 is 1.81 bits per heavy atom. The lowest BCUT2D eigenvalue weighted by molar-refractivity contribution is -0.125. The Morgan fingerprint density at radius 1 is 1.19 bits per heavy atom. The predicted molar refractivity (Wildman–Crippen MR) is 86.2 cm³/mol. The standard InChI is InChI=1S/C18H25NO2/c1-4-7-16(8-5-2)18(20)19-14-6-9-15-10-12-17(21-3)13-11-15/h10-13,16H,4-5,7-8,14H2,1-3H3,(H,19,20). The summed E-state index contributed by atoms with van der Waals surface area (Å²) in [6, 6.07) is 7.57. The van der Waals surface area contributed by atoms with Crippen molar-refractivity contribution in [2.75, 3.05) is 13.7 Å². The molecule has 0 aliphatic heterocycles. The lowest BCUT2D eigenvalue weighted by Crippen LogP contribution is -2.30. The molecule has 0 aliphatic rings. The van der Waals surface area contributed by atoms with E-state index >= 15 is 0 Å². The molecule has 114 valence electrons. The molecule has 3 nitrogen and oxygen atoms in total. The zero-order valence-corrected chi connectivity index (χ0v) is 13.2. The predicted octanol–water partition coefficient (Wildman–Crippen LogP) is 3.38. The smallest absolute Gasteiger partial charge is 0.223 e. The third kappa shape index (κ3) is 6.35. The fourth-order valence-electron chi connectivity index (χ4n) is 2.20. The van der Waals surface area contributed by atoms with E-state index in [2.05, 4.69) is 31.0 Å². The molecule has 21 heavy (non-hydrogen) atoms. The molecule has 0 saturated carbocycles. The molecule has 0 saturated heterocycles. The van der Waals surface area contributed by atoms with Crippen LogP contribution >= 0.6 is 0 Å². The summed E-state index contributed by atoms with van der Waals surface area (Å²) in [7, 11) is 1.64. The van der Waals surface area contributed by atoms with Gasteiger partial charge >= 0.3 is 0 Å². The minimum Gasteiger partial charge on any atom is -0.497 e. The maximum absolute atomic E-state index is 12.0. The number of nitrogens with one attached hydrogen (secondary N) is 1. The van der Waals surface area contributed by atoms with Gasteiger partial charge < -0.3 is 10.1 Å². The summed E-state index contributed by atoms with van der Waals surface area (Å²) >= 11 is 0. The van der Waals surface area contributed by atoms with Crippen LogP contribution in [0.25, 0.3) is 0 Å². The average Bonchev–Trinajstić information content (AvgIpc) is 2.51. The third-order valence-corrected chi connectivity index (χ3v) is 3.32. The fraction of sp³-hybridized carbons (Fsp3) is 0.500. The molecule has 0 aromatic heterocycles. The number of ether oxygens (including phenoxy) is 1. The Kier molecular flexibility index (Phi) is 8.04. The second-order valence-electron chi connectivity index (χ2n) is 5.02. The van der Waals surface area contributed by atoms with Crippen LogP contribution in [0.3, 0.4) is 0 Å². The van der Waals surface area contributed by atoms with Crippen molar-refractivity contribution in [2.24, 2.45) is 5.92 Å². The molecule has 1 aromatic rings. The van der Waals surface area contributed by atoms with Gasteiger partial charge in [0.25, 0.3) is 0 Å². The van der Waals surface area contributed by atoms with Crippen molar-refractivity contribution in [3.8, 4) is 17.6 Å². The number of rotatable bonds is 7. The zero-order chi connectivity index (χ0) is 15.5. The lowest BCUT2D eigenvalue weighted by atomic mass is 9.97. The summed E-state index contributed by atoms with van der Waals surface area (Å²) in [6.07, 6.45) is 3.97. The number of carbonyl (C=O) groups excluding carboxylic acids is 1. The first-order valence-electron chi connectivity index (χ1n) is 7.61. The molecule has 0 heterocycles. The molecular formula is C18H25NO2. The third-order valence-electron chi connectivity index (χ3n) is 3.32. The van der Waals surface area contributed by atoms with Crippen LogP contribution in [-0.4, -0.2) is 19.6 Å². The van der Waals surface area contributed by atoms with Crippen LogP contribution in [0.15, 0.2) is 24.3 Å². The molecule has 0 atom stereocenters. The zero-order valence-electron chi connectivity index (χ0n) is 13.2. The minimum atomic E-state index is 0.128. The molecule has 0 fully saturated rings. The molecule has 0 bridgehead atoms. The monoisotopic (exact) mass is 287 g/mol. The van der Waals surface area contributed by atoms with Gasteiger partial charge in [0, 0.05) is 11.5 Å². The van der Waals surface area contributed by atoms with Gasteiger partial charge in [0.05, 0.1) is 13.7 Å². The van der Waals surface area contributed by atoms with Crippen molar-refractivity contribution >= 4 is 5.91 Å². The Hall–Kier alpha value is -1.95. The fourth-order valence-corrected chi connectivity index (χ4v) is 2.20. The first-order chi connectivity index (χ1) is 10.2. The second kappa shape index (κ2) is 9.88. The molecule has 0 spiro atoms. The molecule has 3 heteroatoms. The van der Waals surface area contributed by atoms with Crippen LogP contribution in [0.5, 0.6) is 5.75 Å². The van der Waals surface area contributed by atoms with Gasteiger partial charge in [-0.15, -0.1) is 0 Å². The molecular weight excluding hydrogens is 262 g/mol. The Bertz CT molecular complexity index is 476. The number of amides is 1. The van der Waals surface area contributed by atoms with Crippen molar-refractivity contribution in [1.29, 1.82) is 0 Å². The molecule has 1 rings (SSSR count). The summed E-state index contributed by atoms with van der Waals surface area (Å²) < 4.78 is 5.09. The largest absolute Gasteiger partial charge is 0.497 e. The van der Waals surface area contributed by atoms with Gasteiger partial charge in [0.2, 0.25) is 5.91 Å². The quantitative estimate of drug-likeness (QED) is 0.781. The summed E-state index contributed by atoms with van der Waals surface area (Å²) in [5, 5.41) is 2.91. The van der Waals surface area contributed by atoms with E-state index < -0.39 is 0 Å². The van der Waals surface area contributed by atoms with Crippen molar-refractivity contribution < 1.29 is 9.53 Å². The minimum absolute atomic E-state index is 0.128. The first-order valence-corrected chi connectivity index (χ1v) is 7.61. The number of benzene rings is 1. The maximum Gasteiger partial charge on any atom is 0.223 e. The average molecular weight is 287 g/mol. The Labute approximate surface area is 128 Å². The molecule has 0 aliphatic carbocycles. The number of methoxy groups -OCH3 is 1. The van der Waals surface area contributed by atoms with Crippen molar-refractivity contribution in [1.82, 2.24) is 5.32 Å². The van der Waals surface area contributed by atoms with Crippen molar-refractivity contribution in [3.63, 3.8) is 0 Å². The maximum atomic E-state index is 12.0. The lowest BCUT2D eigenvalue weighted by Gasteiger charge is -2.13. The number of hydrogen-bond acceptors (Lipinski definition) is 2. The van der Waals surface area contributed by atoms with E-state index in [1.165, 1.54) is 0 Å². The van der Waals surface area contributed by atoms with Crippen LogP contribution in [0.2, 0.25) is 0 Å². The first kappa shape index (κ1) is 17.1. The van der Waals surface area contributed by atoms with E-state index in [0.717, 1.165) is 37.0 Å². The van der Waals surface area contributed by atoms with Crippen LogP contribution in [0.1, 0.15) is 45.1 Å². The topological polar surface area (TPSA) is 38.3 Å². The van der Waals surface area contributed by atoms with E-state index in [1.807, 2.05) is 24.3 Å². The second-order valence-corrected chi connectivity index (χ2v) is 5.02. The van der Waals surface area contributed by atoms with E-state index in [0.29, 0.717) is 6.54 Å². The molecule has 1 aromatic carbocycles. The SMILES string of the molecule is CCCC(CCC)C(=O)NCC#Cc1ccc(OC)cc1. The Morgan fingerprint density at radius 3 is 2.33 bits per heavy atom. The highest BCUT2D eigenvalue weighted by Gasteiger charge is 2.15. The summed E-state index contributed by atoms with van der Waals surface area (Å²) in [5.41, 5.74) is 0.920. The van der Waals surface area contributed by atoms with Gasteiger partial charge in [-0.3, -0.25) is 4.79 Å². The number of hydrogen-bond donors (Lipinski definition) is 1. The summed E-state index contributed by atoms with van der Waals surface area (Å²) in [4.78, 5) is 12.0. The summed E-state index contributed by atoms with van der Waals surface area (Å²) in [6.45, 7) is 4.62.